The molecule has 15 heavy (non-hydrogen) atoms. The normalized spacial score (nSPS) is 22.5. The lowest BCUT2D eigenvalue weighted by Gasteiger charge is -2.26. The third-order valence-electron chi connectivity index (χ3n) is 2.92. The average molecular weight is 270 g/mol. The zero-order valence-electron chi connectivity index (χ0n) is 8.99. The minimum absolute atomic E-state index is 0.564. The Labute approximate surface area is 99.0 Å². The van der Waals surface area contributed by atoms with Gasteiger partial charge < -0.3 is 4.90 Å². The summed E-state index contributed by atoms with van der Waals surface area (Å²) in [4.78, 5) is 11.0. The molecule has 3 nitrogen and oxygen atoms in total. The van der Waals surface area contributed by atoms with Crippen LogP contribution in [0.15, 0.2) is 16.9 Å². The van der Waals surface area contributed by atoms with Crippen LogP contribution in [0.1, 0.15) is 32.6 Å². The molecule has 1 aliphatic rings. The maximum Gasteiger partial charge on any atom is 0.225 e. The van der Waals surface area contributed by atoms with Crippen molar-refractivity contribution in [2.24, 2.45) is 0 Å². The number of nitrogens with zero attached hydrogens (tertiary/aromatic N) is 3. The number of aromatic nitrogens is 2. The third kappa shape index (κ3) is 2.68. The molecule has 0 spiro atoms. The van der Waals surface area contributed by atoms with Crippen LogP contribution >= 0.6 is 15.9 Å². The molecule has 1 aromatic rings. The molecule has 1 fully saturated rings. The van der Waals surface area contributed by atoms with Gasteiger partial charge in [-0.1, -0.05) is 12.8 Å². The molecule has 0 aromatic carbocycles. The van der Waals surface area contributed by atoms with Crippen LogP contribution in [-0.2, 0) is 0 Å². The van der Waals surface area contributed by atoms with E-state index in [1.54, 1.807) is 0 Å². The Morgan fingerprint density at radius 2 is 2.00 bits per heavy atom. The fourth-order valence-corrected chi connectivity index (χ4v) is 2.23. The number of halogens is 1. The fraction of sp³-hybridized carbons (Fsp3) is 0.636. The molecule has 1 aliphatic heterocycles. The summed E-state index contributed by atoms with van der Waals surface area (Å²) < 4.78 is 0.939. The Hall–Kier alpha value is -0.640. The Morgan fingerprint density at radius 3 is 2.73 bits per heavy atom. The SMILES string of the molecule is CC1CCCCCN1c1ncc(Br)cn1. The number of hydrogen-bond acceptors (Lipinski definition) is 3. The van der Waals surface area contributed by atoms with Crippen LogP contribution in [0, 0.1) is 0 Å². The molecule has 1 saturated heterocycles. The van der Waals surface area contributed by atoms with Crippen LogP contribution in [0.5, 0.6) is 0 Å². The van der Waals surface area contributed by atoms with Crippen LogP contribution in [0.25, 0.3) is 0 Å². The van der Waals surface area contributed by atoms with Crippen molar-refractivity contribution in [1.82, 2.24) is 9.97 Å². The molecule has 2 rings (SSSR count). The topological polar surface area (TPSA) is 29.0 Å². The lowest BCUT2D eigenvalue weighted by molar-refractivity contribution is 0.605. The Balaban J connectivity index is 2.16. The third-order valence-corrected chi connectivity index (χ3v) is 3.33. The molecule has 1 aromatic heterocycles. The van der Waals surface area contributed by atoms with Crippen molar-refractivity contribution in [2.45, 2.75) is 38.6 Å². The van der Waals surface area contributed by atoms with Gasteiger partial charge in [0.2, 0.25) is 5.95 Å². The van der Waals surface area contributed by atoms with Crippen LogP contribution in [0.3, 0.4) is 0 Å². The second-order valence-corrected chi connectivity index (χ2v) is 5.01. The molecule has 0 aliphatic carbocycles. The van der Waals surface area contributed by atoms with E-state index in [-0.39, 0.29) is 0 Å². The summed E-state index contributed by atoms with van der Waals surface area (Å²) in [5.74, 6) is 0.868. The molecular weight excluding hydrogens is 254 g/mol. The molecule has 0 N–H and O–H groups in total. The van der Waals surface area contributed by atoms with E-state index in [9.17, 15) is 0 Å². The molecular formula is C11H16BrN3. The Morgan fingerprint density at radius 1 is 1.27 bits per heavy atom. The zero-order chi connectivity index (χ0) is 10.7. The first-order chi connectivity index (χ1) is 7.27. The van der Waals surface area contributed by atoms with Crippen LogP contribution < -0.4 is 4.90 Å². The first-order valence-electron chi connectivity index (χ1n) is 5.51. The molecule has 82 valence electrons. The highest BCUT2D eigenvalue weighted by Crippen LogP contribution is 2.21. The first-order valence-corrected chi connectivity index (χ1v) is 6.31. The highest BCUT2D eigenvalue weighted by atomic mass is 79.9. The van der Waals surface area contributed by atoms with E-state index in [1.165, 1.54) is 25.7 Å². The van der Waals surface area contributed by atoms with Gasteiger partial charge in [-0.2, -0.15) is 0 Å². The largest absolute Gasteiger partial charge is 0.338 e. The molecule has 0 radical (unpaired) electrons. The van der Waals surface area contributed by atoms with E-state index in [2.05, 4.69) is 37.7 Å². The van der Waals surface area contributed by atoms with Crippen LogP contribution in [-0.4, -0.2) is 22.6 Å². The predicted octanol–water partition coefficient (Wildman–Crippen LogP) is 3.01. The van der Waals surface area contributed by atoms with Gasteiger partial charge in [0.15, 0.2) is 0 Å². The van der Waals surface area contributed by atoms with Gasteiger partial charge in [-0.15, -0.1) is 0 Å². The number of anilines is 1. The van der Waals surface area contributed by atoms with Crippen LogP contribution in [0.4, 0.5) is 5.95 Å². The van der Waals surface area contributed by atoms with E-state index < -0.39 is 0 Å². The average Bonchev–Trinajstić information content (AvgIpc) is 2.44. The van der Waals surface area contributed by atoms with Gasteiger partial charge in [-0.25, -0.2) is 9.97 Å². The van der Waals surface area contributed by atoms with Gasteiger partial charge in [-0.05, 0) is 35.7 Å². The summed E-state index contributed by atoms with van der Waals surface area (Å²) in [6, 6.07) is 0.564. The van der Waals surface area contributed by atoms with Crippen molar-refractivity contribution in [3.8, 4) is 0 Å². The van der Waals surface area contributed by atoms with Crippen molar-refractivity contribution in [1.29, 1.82) is 0 Å². The molecule has 0 saturated carbocycles. The molecule has 2 heterocycles. The van der Waals surface area contributed by atoms with Crippen molar-refractivity contribution < 1.29 is 0 Å². The van der Waals surface area contributed by atoms with E-state index in [4.69, 9.17) is 0 Å². The maximum absolute atomic E-state index is 4.36. The Bertz CT molecular complexity index is 312. The zero-order valence-corrected chi connectivity index (χ0v) is 10.6. The lowest BCUT2D eigenvalue weighted by atomic mass is 10.1. The van der Waals surface area contributed by atoms with E-state index >= 15 is 0 Å². The van der Waals surface area contributed by atoms with Gasteiger partial charge in [-0.3, -0.25) is 0 Å². The van der Waals surface area contributed by atoms with Crippen molar-refractivity contribution in [3.05, 3.63) is 16.9 Å². The van der Waals surface area contributed by atoms with E-state index in [0.717, 1.165) is 17.0 Å². The summed E-state index contributed by atoms with van der Waals surface area (Å²) in [7, 11) is 0. The minimum atomic E-state index is 0.564. The number of hydrogen-bond donors (Lipinski definition) is 0. The predicted molar refractivity (Wildman–Crippen MR) is 65.0 cm³/mol. The van der Waals surface area contributed by atoms with Gasteiger partial charge in [0.05, 0.1) is 4.47 Å². The van der Waals surface area contributed by atoms with E-state index in [1.807, 2.05) is 12.4 Å². The number of rotatable bonds is 1. The standard InChI is InChI=1S/C11H16BrN3/c1-9-5-3-2-4-6-15(9)11-13-7-10(12)8-14-11/h7-9H,2-6H2,1H3. The second-order valence-electron chi connectivity index (χ2n) is 4.09. The molecule has 4 heteroatoms. The van der Waals surface area contributed by atoms with E-state index in [0.29, 0.717) is 6.04 Å². The van der Waals surface area contributed by atoms with Crippen molar-refractivity contribution >= 4 is 21.9 Å². The molecule has 1 atom stereocenters. The van der Waals surface area contributed by atoms with Crippen LogP contribution in [0.2, 0.25) is 0 Å². The van der Waals surface area contributed by atoms with Crippen molar-refractivity contribution in [3.63, 3.8) is 0 Å². The molecule has 0 bridgehead atoms. The van der Waals surface area contributed by atoms with Crippen molar-refractivity contribution in [2.75, 3.05) is 11.4 Å². The van der Waals surface area contributed by atoms with Gasteiger partial charge in [0, 0.05) is 25.0 Å². The highest BCUT2D eigenvalue weighted by molar-refractivity contribution is 9.10. The quantitative estimate of drug-likeness (QED) is 0.785. The summed E-state index contributed by atoms with van der Waals surface area (Å²) in [5.41, 5.74) is 0. The fourth-order valence-electron chi connectivity index (χ4n) is 2.03. The monoisotopic (exact) mass is 269 g/mol. The maximum atomic E-state index is 4.36. The lowest BCUT2D eigenvalue weighted by Crippen LogP contribution is -2.33. The smallest absolute Gasteiger partial charge is 0.225 e. The summed E-state index contributed by atoms with van der Waals surface area (Å²) in [5, 5.41) is 0. The highest BCUT2D eigenvalue weighted by Gasteiger charge is 2.18. The summed E-state index contributed by atoms with van der Waals surface area (Å²) in [6.45, 7) is 3.35. The van der Waals surface area contributed by atoms with Gasteiger partial charge in [0.25, 0.3) is 0 Å². The summed E-state index contributed by atoms with van der Waals surface area (Å²) in [6.07, 6.45) is 8.80. The molecule has 1 unspecified atom stereocenters. The van der Waals surface area contributed by atoms with Gasteiger partial charge in [0.1, 0.15) is 0 Å². The Kier molecular flexibility index (Phi) is 3.57. The second kappa shape index (κ2) is 4.92. The minimum Gasteiger partial charge on any atom is -0.338 e. The molecule has 0 amide bonds. The summed E-state index contributed by atoms with van der Waals surface area (Å²) >= 11 is 3.36. The first kappa shape index (κ1) is 10.9. The van der Waals surface area contributed by atoms with Gasteiger partial charge >= 0.3 is 0 Å².